The van der Waals surface area contributed by atoms with E-state index in [1.54, 1.807) is 25.3 Å². The minimum atomic E-state index is -0.294. The van der Waals surface area contributed by atoms with Gasteiger partial charge in [-0.3, -0.25) is 9.78 Å². The number of rotatable bonds is 2. The van der Waals surface area contributed by atoms with E-state index in [-0.39, 0.29) is 5.91 Å². The molecule has 0 saturated heterocycles. The molecule has 16 heavy (non-hydrogen) atoms. The van der Waals surface area contributed by atoms with Gasteiger partial charge in [-0.25, -0.2) is 0 Å². The lowest BCUT2D eigenvalue weighted by molar-refractivity contribution is 0.102. The molecule has 0 radical (unpaired) electrons. The Hall–Kier alpha value is -2.17. The van der Waals surface area contributed by atoms with Gasteiger partial charge in [0.05, 0.1) is 0 Å². The molecular formula is C11H11N3O2. The quantitative estimate of drug-likeness (QED) is 0.834. The first-order chi connectivity index (χ1) is 7.65. The van der Waals surface area contributed by atoms with E-state index in [1.165, 1.54) is 0 Å². The zero-order chi connectivity index (χ0) is 11.5. The average Bonchev–Trinajstić information content (AvgIpc) is 2.64. The number of nitrogens with zero attached hydrogens (tertiary/aromatic N) is 2. The fourth-order valence-electron chi connectivity index (χ4n) is 1.27. The maximum atomic E-state index is 11.7. The second-order valence-electron chi connectivity index (χ2n) is 3.50. The molecule has 2 rings (SSSR count). The Balaban J connectivity index is 2.14. The van der Waals surface area contributed by atoms with Crippen LogP contribution >= 0.6 is 0 Å². The predicted octanol–water partition coefficient (Wildman–Crippen LogP) is 1.94. The van der Waals surface area contributed by atoms with E-state index in [0.717, 1.165) is 5.56 Å². The van der Waals surface area contributed by atoms with Crippen molar-refractivity contribution in [3.05, 3.63) is 41.4 Å². The number of carbonyl (C=O) groups excluding carboxylic acids is 1. The van der Waals surface area contributed by atoms with Gasteiger partial charge in [0, 0.05) is 12.3 Å². The highest BCUT2D eigenvalue weighted by molar-refractivity contribution is 6.02. The third-order valence-electron chi connectivity index (χ3n) is 2.02. The maximum Gasteiger partial charge on any atom is 0.275 e. The fraction of sp³-hybridized carbons (Fsp3) is 0.182. The van der Waals surface area contributed by atoms with Gasteiger partial charge in [-0.2, -0.15) is 0 Å². The molecule has 5 nitrogen and oxygen atoms in total. The Labute approximate surface area is 92.5 Å². The topological polar surface area (TPSA) is 68.0 Å². The molecule has 0 spiro atoms. The van der Waals surface area contributed by atoms with Crippen molar-refractivity contribution in [3.63, 3.8) is 0 Å². The van der Waals surface area contributed by atoms with Gasteiger partial charge >= 0.3 is 0 Å². The molecule has 0 unspecified atom stereocenters. The third kappa shape index (κ3) is 2.25. The van der Waals surface area contributed by atoms with E-state index >= 15 is 0 Å². The lowest BCUT2D eigenvalue weighted by atomic mass is 10.2. The summed E-state index contributed by atoms with van der Waals surface area (Å²) < 4.78 is 4.84. The second-order valence-corrected chi connectivity index (χ2v) is 3.50. The fourth-order valence-corrected chi connectivity index (χ4v) is 1.27. The molecule has 2 aromatic heterocycles. The Morgan fingerprint density at radius 3 is 2.81 bits per heavy atom. The van der Waals surface area contributed by atoms with Crippen LogP contribution in [0.3, 0.4) is 0 Å². The summed E-state index contributed by atoms with van der Waals surface area (Å²) in [5.41, 5.74) is 1.34. The Morgan fingerprint density at radius 1 is 1.38 bits per heavy atom. The highest BCUT2D eigenvalue weighted by Crippen LogP contribution is 2.09. The van der Waals surface area contributed by atoms with Crippen molar-refractivity contribution in [3.8, 4) is 0 Å². The van der Waals surface area contributed by atoms with Crippen molar-refractivity contribution in [1.82, 2.24) is 10.1 Å². The van der Waals surface area contributed by atoms with E-state index in [2.05, 4.69) is 15.5 Å². The van der Waals surface area contributed by atoms with Crippen LogP contribution in [0.4, 0.5) is 5.82 Å². The van der Waals surface area contributed by atoms with Crippen molar-refractivity contribution in [2.75, 3.05) is 5.32 Å². The smallest absolute Gasteiger partial charge is 0.275 e. The van der Waals surface area contributed by atoms with Crippen molar-refractivity contribution in [2.24, 2.45) is 0 Å². The van der Waals surface area contributed by atoms with Crippen LogP contribution < -0.4 is 5.32 Å². The van der Waals surface area contributed by atoms with Gasteiger partial charge in [0.25, 0.3) is 5.91 Å². The number of carbonyl (C=O) groups is 1. The van der Waals surface area contributed by atoms with E-state index in [0.29, 0.717) is 17.3 Å². The number of aryl methyl sites for hydroxylation is 2. The Kier molecular flexibility index (Phi) is 2.68. The van der Waals surface area contributed by atoms with Crippen LogP contribution in [0.1, 0.15) is 21.8 Å². The Bertz CT molecular complexity index is 519. The van der Waals surface area contributed by atoms with Crippen LogP contribution in [-0.2, 0) is 0 Å². The molecule has 0 fully saturated rings. The minimum absolute atomic E-state index is 0.294. The molecule has 0 aromatic carbocycles. The van der Waals surface area contributed by atoms with E-state index in [4.69, 9.17) is 4.52 Å². The monoisotopic (exact) mass is 217 g/mol. The van der Waals surface area contributed by atoms with Crippen LogP contribution in [-0.4, -0.2) is 16.0 Å². The summed E-state index contributed by atoms with van der Waals surface area (Å²) in [7, 11) is 0. The molecule has 2 heterocycles. The minimum Gasteiger partial charge on any atom is -0.360 e. The number of anilines is 1. The van der Waals surface area contributed by atoms with Gasteiger partial charge in [-0.15, -0.1) is 0 Å². The van der Waals surface area contributed by atoms with Crippen LogP contribution in [0, 0.1) is 13.8 Å². The van der Waals surface area contributed by atoms with Gasteiger partial charge in [-0.05, 0) is 31.5 Å². The van der Waals surface area contributed by atoms with E-state index < -0.39 is 0 Å². The van der Waals surface area contributed by atoms with Gasteiger partial charge in [0.2, 0.25) is 0 Å². The number of hydrogen-bond donors (Lipinski definition) is 1. The highest BCUT2D eigenvalue weighted by Gasteiger charge is 2.09. The molecule has 1 amide bonds. The number of hydrogen-bond acceptors (Lipinski definition) is 4. The van der Waals surface area contributed by atoms with E-state index in [1.807, 2.05) is 13.0 Å². The number of amides is 1. The summed E-state index contributed by atoms with van der Waals surface area (Å²) >= 11 is 0. The van der Waals surface area contributed by atoms with Gasteiger partial charge in [-0.1, -0.05) is 5.16 Å². The number of pyridine rings is 1. The summed E-state index contributed by atoms with van der Waals surface area (Å²) in [5, 5.41) is 6.27. The van der Waals surface area contributed by atoms with Gasteiger partial charge in [0.1, 0.15) is 11.5 Å². The predicted molar refractivity (Wildman–Crippen MR) is 58.2 cm³/mol. The molecule has 0 bridgehead atoms. The molecule has 0 aliphatic rings. The summed E-state index contributed by atoms with van der Waals surface area (Å²) in [6.07, 6.45) is 1.60. The number of nitrogens with one attached hydrogen (secondary N) is 1. The highest BCUT2D eigenvalue weighted by atomic mass is 16.5. The summed E-state index contributed by atoms with van der Waals surface area (Å²) in [6.45, 7) is 3.66. The van der Waals surface area contributed by atoms with Crippen molar-refractivity contribution >= 4 is 11.7 Å². The molecule has 0 aliphatic carbocycles. The first kappa shape index (κ1) is 10.4. The standard InChI is InChI=1S/C11H11N3O2/c1-7-3-4-12-9(5-7)11(15)13-10-6-8(2)16-14-10/h3-6H,1-2H3,(H,13,14,15). The van der Waals surface area contributed by atoms with Crippen LogP contribution in [0.5, 0.6) is 0 Å². The largest absolute Gasteiger partial charge is 0.360 e. The Morgan fingerprint density at radius 2 is 2.19 bits per heavy atom. The molecule has 82 valence electrons. The van der Waals surface area contributed by atoms with Crippen LogP contribution in [0.15, 0.2) is 28.9 Å². The van der Waals surface area contributed by atoms with Crippen molar-refractivity contribution in [2.45, 2.75) is 13.8 Å². The summed E-state index contributed by atoms with van der Waals surface area (Å²) in [6, 6.07) is 5.19. The molecular weight excluding hydrogens is 206 g/mol. The third-order valence-corrected chi connectivity index (χ3v) is 2.02. The summed E-state index contributed by atoms with van der Waals surface area (Å²) in [4.78, 5) is 15.7. The molecule has 2 aromatic rings. The van der Waals surface area contributed by atoms with Crippen molar-refractivity contribution < 1.29 is 9.32 Å². The molecule has 1 N–H and O–H groups in total. The lowest BCUT2D eigenvalue weighted by Crippen LogP contribution is -2.13. The molecule has 5 heteroatoms. The van der Waals surface area contributed by atoms with Gasteiger partial charge in [0.15, 0.2) is 5.82 Å². The molecule has 0 atom stereocenters. The average molecular weight is 217 g/mol. The zero-order valence-corrected chi connectivity index (χ0v) is 9.02. The van der Waals surface area contributed by atoms with Crippen LogP contribution in [0.2, 0.25) is 0 Å². The van der Waals surface area contributed by atoms with Crippen molar-refractivity contribution in [1.29, 1.82) is 0 Å². The van der Waals surface area contributed by atoms with E-state index in [9.17, 15) is 4.79 Å². The SMILES string of the molecule is Cc1ccnc(C(=O)Nc2cc(C)on2)c1. The summed E-state index contributed by atoms with van der Waals surface area (Å²) in [5.74, 6) is 0.746. The van der Waals surface area contributed by atoms with Gasteiger partial charge < -0.3 is 9.84 Å². The zero-order valence-electron chi connectivity index (χ0n) is 9.02. The lowest BCUT2D eigenvalue weighted by Gasteiger charge is -2.00. The maximum absolute atomic E-state index is 11.7. The molecule has 0 saturated carbocycles. The number of aromatic nitrogens is 2. The molecule has 0 aliphatic heterocycles. The second kappa shape index (κ2) is 4.14. The first-order valence-corrected chi connectivity index (χ1v) is 4.82. The first-order valence-electron chi connectivity index (χ1n) is 4.82. The normalized spacial score (nSPS) is 10.1. The van der Waals surface area contributed by atoms with Crippen LogP contribution in [0.25, 0.3) is 0 Å².